The number of amides is 3. The van der Waals surface area contributed by atoms with Gasteiger partial charge in [0.2, 0.25) is 0 Å². The number of nitrogens with one attached hydrogen (secondary N) is 2. The number of piperidine rings is 1. The fourth-order valence-corrected chi connectivity index (χ4v) is 4.98. The van der Waals surface area contributed by atoms with E-state index in [1.54, 1.807) is 9.80 Å². The van der Waals surface area contributed by atoms with Crippen molar-refractivity contribution in [2.75, 3.05) is 30.9 Å². The summed E-state index contributed by atoms with van der Waals surface area (Å²) >= 11 is 0. The number of halogens is 1. The Balaban J connectivity index is 1.44. The van der Waals surface area contributed by atoms with Gasteiger partial charge < -0.3 is 15.1 Å². The van der Waals surface area contributed by atoms with Gasteiger partial charge in [-0.3, -0.25) is 9.52 Å². The van der Waals surface area contributed by atoms with Crippen LogP contribution in [0.25, 0.3) is 0 Å². The SMILES string of the molecule is O=C(c1ccc(S(=O)(=O)Nc2ccc(F)cc2)cc1)N1CCC[C@H](N2CCNC2=O)C1. The summed E-state index contributed by atoms with van der Waals surface area (Å²) in [7, 11) is -3.87. The van der Waals surface area contributed by atoms with Crippen molar-refractivity contribution in [3.63, 3.8) is 0 Å². The smallest absolute Gasteiger partial charge is 0.317 e. The minimum atomic E-state index is -3.87. The van der Waals surface area contributed by atoms with Crippen LogP contribution in [0.1, 0.15) is 23.2 Å². The molecule has 2 fully saturated rings. The van der Waals surface area contributed by atoms with Crippen LogP contribution in [0.5, 0.6) is 0 Å². The van der Waals surface area contributed by atoms with Crippen LogP contribution in [0.3, 0.4) is 0 Å². The topological polar surface area (TPSA) is 98.8 Å². The third-order valence-electron chi connectivity index (χ3n) is 5.52. The van der Waals surface area contributed by atoms with Crippen LogP contribution in [0.15, 0.2) is 53.4 Å². The maximum atomic E-state index is 13.0. The Labute approximate surface area is 180 Å². The van der Waals surface area contributed by atoms with Crippen molar-refractivity contribution < 1.29 is 22.4 Å². The number of urea groups is 1. The first-order chi connectivity index (χ1) is 14.8. The van der Waals surface area contributed by atoms with E-state index in [1.165, 1.54) is 36.4 Å². The summed E-state index contributed by atoms with van der Waals surface area (Å²) in [6, 6.07) is 10.6. The third kappa shape index (κ3) is 4.63. The molecule has 0 spiro atoms. The van der Waals surface area contributed by atoms with Crippen LogP contribution in [-0.2, 0) is 10.0 Å². The molecule has 0 radical (unpaired) electrons. The number of nitrogens with zero attached hydrogens (tertiary/aromatic N) is 2. The lowest BCUT2D eigenvalue weighted by Gasteiger charge is -2.37. The number of hydrogen-bond acceptors (Lipinski definition) is 4. The zero-order valence-electron chi connectivity index (χ0n) is 16.8. The van der Waals surface area contributed by atoms with E-state index in [1.807, 2.05) is 0 Å². The molecule has 3 amide bonds. The van der Waals surface area contributed by atoms with Crippen molar-refractivity contribution in [3.8, 4) is 0 Å². The summed E-state index contributed by atoms with van der Waals surface area (Å²) in [5.74, 6) is -0.657. The first-order valence-electron chi connectivity index (χ1n) is 10.1. The summed E-state index contributed by atoms with van der Waals surface area (Å²) in [6.07, 6.45) is 1.65. The second kappa shape index (κ2) is 8.54. The number of likely N-dealkylation sites (tertiary alicyclic amines) is 1. The zero-order valence-corrected chi connectivity index (χ0v) is 17.6. The fraction of sp³-hybridized carbons (Fsp3) is 0.333. The van der Waals surface area contributed by atoms with Crippen molar-refractivity contribution in [2.24, 2.45) is 0 Å². The average molecular weight is 447 g/mol. The number of carbonyl (C=O) groups is 2. The molecule has 2 heterocycles. The number of carbonyl (C=O) groups excluding carboxylic acids is 2. The Morgan fingerprint density at radius 3 is 2.42 bits per heavy atom. The predicted octanol–water partition coefficient (Wildman–Crippen LogP) is 2.26. The van der Waals surface area contributed by atoms with Crippen molar-refractivity contribution >= 4 is 27.6 Å². The summed E-state index contributed by atoms with van der Waals surface area (Å²) in [5.41, 5.74) is 0.624. The molecule has 0 aromatic heterocycles. The van der Waals surface area contributed by atoms with E-state index in [9.17, 15) is 22.4 Å². The Bertz CT molecular complexity index is 1070. The number of anilines is 1. The molecular formula is C21H23FN4O4S. The van der Waals surface area contributed by atoms with E-state index in [4.69, 9.17) is 0 Å². The summed E-state index contributed by atoms with van der Waals surface area (Å²) in [5, 5.41) is 2.79. The largest absolute Gasteiger partial charge is 0.337 e. The van der Waals surface area contributed by atoms with Gasteiger partial charge in [-0.1, -0.05) is 0 Å². The molecule has 2 aliphatic heterocycles. The minimum absolute atomic E-state index is 0.00127. The van der Waals surface area contributed by atoms with Gasteiger partial charge in [0.1, 0.15) is 5.82 Å². The summed E-state index contributed by atoms with van der Waals surface area (Å²) in [6.45, 7) is 2.31. The van der Waals surface area contributed by atoms with Crippen molar-refractivity contribution in [1.29, 1.82) is 0 Å². The quantitative estimate of drug-likeness (QED) is 0.736. The second-order valence-electron chi connectivity index (χ2n) is 7.61. The highest BCUT2D eigenvalue weighted by molar-refractivity contribution is 7.92. The Kier molecular flexibility index (Phi) is 5.81. The number of sulfonamides is 1. The van der Waals surface area contributed by atoms with Crippen molar-refractivity contribution in [1.82, 2.24) is 15.1 Å². The highest BCUT2D eigenvalue weighted by Gasteiger charge is 2.33. The average Bonchev–Trinajstić information content (AvgIpc) is 3.21. The van der Waals surface area contributed by atoms with E-state index in [-0.39, 0.29) is 28.6 Å². The lowest BCUT2D eigenvalue weighted by molar-refractivity contribution is 0.0634. The predicted molar refractivity (Wildman–Crippen MR) is 113 cm³/mol. The molecule has 2 N–H and O–H groups in total. The Morgan fingerprint density at radius 1 is 1.06 bits per heavy atom. The van der Waals surface area contributed by atoms with Gasteiger partial charge in [-0.25, -0.2) is 17.6 Å². The molecule has 2 aliphatic rings. The maximum absolute atomic E-state index is 13.0. The van der Waals surface area contributed by atoms with Crippen LogP contribution in [0.4, 0.5) is 14.9 Å². The van der Waals surface area contributed by atoms with E-state index in [0.29, 0.717) is 31.7 Å². The number of hydrogen-bond donors (Lipinski definition) is 2. The highest BCUT2D eigenvalue weighted by atomic mass is 32.2. The maximum Gasteiger partial charge on any atom is 0.317 e. The Hall–Kier alpha value is -3.14. The molecule has 0 unspecified atom stereocenters. The van der Waals surface area contributed by atoms with Gasteiger partial charge in [0.25, 0.3) is 15.9 Å². The van der Waals surface area contributed by atoms with Gasteiger partial charge in [0, 0.05) is 37.4 Å². The molecule has 2 aromatic carbocycles. The van der Waals surface area contributed by atoms with E-state index >= 15 is 0 Å². The van der Waals surface area contributed by atoms with Gasteiger partial charge >= 0.3 is 6.03 Å². The molecule has 164 valence electrons. The molecule has 0 bridgehead atoms. The van der Waals surface area contributed by atoms with Crippen molar-refractivity contribution in [2.45, 2.75) is 23.8 Å². The first-order valence-corrected chi connectivity index (χ1v) is 11.5. The summed E-state index contributed by atoms with van der Waals surface area (Å²) in [4.78, 5) is 28.3. The third-order valence-corrected chi connectivity index (χ3v) is 6.92. The first kappa shape index (κ1) is 21.1. The zero-order chi connectivity index (χ0) is 22.0. The van der Waals surface area contributed by atoms with E-state index in [2.05, 4.69) is 10.0 Å². The molecule has 31 heavy (non-hydrogen) atoms. The lowest BCUT2D eigenvalue weighted by atomic mass is 10.0. The minimum Gasteiger partial charge on any atom is -0.337 e. The van der Waals surface area contributed by atoms with Crippen molar-refractivity contribution in [3.05, 3.63) is 59.9 Å². The van der Waals surface area contributed by atoms with Gasteiger partial charge in [0.05, 0.1) is 10.9 Å². The molecule has 8 nitrogen and oxygen atoms in total. The van der Waals surface area contributed by atoms with Crippen LogP contribution in [0.2, 0.25) is 0 Å². The molecule has 4 rings (SSSR count). The molecule has 2 aromatic rings. The van der Waals surface area contributed by atoms with Gasteiger partial charge in [0.15, 0.2) is 0 Å². The second-order valence-corrected chi connectivity index (χ2v) is 9.29. The van der Waals surface area contributed by atoms with Crippen LogP contribution in [-0.4, -0.2) is 62.4 Å². The molecular weight excluding hydrogens is 423 g/mol. The van der Waals surface area contributed by atoms with Crippen LogP contribution < -0.4 is 10.0 Å². The summed E-state index contributed by atoms with van der Waals surface area (Å²) < 4.78 is 40.5. The standard InChI is InChI=1S/C21H23FN4O4S/c22-16-5-7-17(8-6-16)24-31(29,30)19-9-3-15(4-10-19)20(27)25-12-1-2-18(14-25)26-13-11-23-21(26)28/h3-10,18,24H,1-2,11-14H2,(H,23,28)/t18-/m0/s1. The molecule has 0 saturated carbocycles. The number of rotatable bonds is 5. The molecule has 0 aliphatic carbocycles. The van der Waals surface area contributed by atoms with E-state index in [0.717, 1.165) is 25.0 Å². The Morgan fingerprint density at radius 2 is 1.77 bits per heavy atom. The monoisotopic (exact) mass is 446 g/mol. The molecule has 2 saturated heterocycles. The molecule has 1 atom stereocenters. The number of benzene rings is 2. The van der Waals surface area contributed by atoms with Gasteiger partial charge in [-0.2, -0.15) is 0 Å². The van der Waals surface area contributed by atoms with Crippen LogP contribution in [0, 0.1) is 5.82 Å². The lowest BCUT2D eigenvalue weighted by Crippen LogP contribution is -2.50. The van der Waals surface area contributed by atoms with E-state index < -0.39 is 15.8 Å². The van der Waals surface area contributed by atoms with Gasteiger partial charge in [-0.05, 0) is 61.4 Å². The van der Waals surface area contributed by atoms with Gasteiger partial charge in [-0.15, -0.1) is 0 Å². The highest BCUT2D eigenvalue weighted by Crippen LogP contribution is 2.21. The van der Waals surface area contributed by atoms with Crippen LogP contribution >= 0.6 is 0 Å². The normalized spacial score (nSPS) is 19.3. The molecule has 10 heteroatoms. The fourth-order valence-electron chi connectivity index (χ4n) is 3.92.